The Bertz CT molecular complexity index is 775. The number of hydrogen-bond donors (Lipinski definition) is 2. The average molecular weight is 365 g/mol. The van der Waals surface area contributed by atoms with Gasteiger partial charge in [-0.25, -0.2) is 9.79 Å². The largest absolute Gasteiger partial charge is 0.500 e. The molecule has 1 aromatic rings. The molecule has 140 valence electrons. The van der Waals surface area contributed by atoms with Crippen molar-refractivity contribution in [3.05, 3.63) is 27.8 Å². The van der Waals surface area contributed by atoms with Gasteiger partial charge >= 0.3 is 17.7 Å². The maximum atomic E-state index is 12.4. The molecule has 2 amide bonds. The Morgan fingerprint density at radius 3 is 2.73 bits per heavy atom. The minimum Gasteiger partial charge on any atom is -0.500 e. The fourth-order valence-corrected chi connectivity index (χ4v) is 2.68. The SMILES string of the molecule is CCCOC(=O)C1C(C)=NC(=O)NC1c1cc(OC)c(O)c([N+](=O)[O-])c1. The van der Waals surface area contributed by atoms with E-state index in [0.717, 1.165) is 6.07 Å². The van der Waals surface area contributed by atoms with E-state index in [-0.39, 0.29) is 23.6 Å². The number of carbonyl (C=O) groups is 2. The van der Waals surface area contributed by atoms with Gasteiger partial charge in [0, 0.05) is 11.8 Å². The van der Waals surface area contributed by atoms with Crippen LogP contribution in [0.3, 0.4) is 0 Å². The van der Waals surface area contributed by atoms with Crippen LogP contribution in [0.1, 0.15) is 31.9 Å². The van der Waals surface area contributed by atoms with Gasteiger partial charge in [0.25, 0.3) is 0 Å². The van der Waals surface area contributed by atoms with Gasteiger partial charge in [-0.2, -0.15) is 0 Å². The molecule has 0 saturated carbocycles. The van der Waals surface area contributed by atoms with E-state index >= 15 is 0 Å². The number of ether oxygens (including phenoxy) is 2. The first-order valence-corrected chi connectivity index (χ1v) is 7.87. The highest BCUT2D eigenvalue weighted by atomic mass is 16.6. The van der Waals surface area contributed by atoms with E-state index in [0.29, 0.717) is 6.42 Å². The normalized spacial score (nSPS) is 19.3. The highest BCUT2D eigenvalue weighted by Crippen LogP contribution is 2.40. The van der Waals surface area contributed by atoms with E-state index in [1.165, 1.54) is 20.1 Å². The smallest absolute Gasteiger partial charge is 0.341 e. The summed E-state index contributed by atoms with van der Waals surface area (Å²) in [7, 11) is 1.24. The number of nitrogens with one attached hydrogen (secondary N) is 1. The van der Waals surface area contributed by atoms with E-state index < -0.39 is 40.3 Å². The molecule has 1 heterocycles. The number of nitro benzene ring substituents is 1. The van der Waals surface area contributed by atoms with Crippen molar-refractivity contribution in [3.8, 4) is 11.5 Å². The van der Waals surface area contributed by atoms with Gasteiger partial charge < -0.3 is 19.9 Å². The molecule has 0 fully saturated rings. The summed E-state index contributed by atoms with van der Waals surface area (Å²) in [5.74, 6) is -2.34. The van der Waals surface area contributed by atoms with Gasteiger partial charge in [-0.15, -0.1) is 0 Å². The van der Waals surface area contributed by atoms with E-state index in [2.05, 4.69) is 10.3 Å². The number of benzene rings is 1. The van der Waals surface area contributed by atoms with Gasteiger partial charge in [0.15, 0.2) is 5.75 Å². The van der Waals surface area contributed by atoms with Crippen LogP contribution in [0.2, 0.25) is 0 Å². The molecule has 0 spiro atoms. The van der Waals surface area contributed by atoms with E-state index in [1.54, 1.807) is 0 Å². The summed E-state index contributed by atoms with van der Waals surface area (Å²) in [6.45, 7) is 3.54. The van der Waals surface area contributed by atoms with Crippen LogP contribution in [0.15, 0.2) is 17.1 Å². The van der Waals surface area contributed by atoms with E-state index in [9.17, 15) is 24.8 Å². The molecular weight excluding hydrogens is 346 g/mol. The number of nitrogens with zero attached hydrogens (tertiary/aromatic N) is 2. The minimum absolute atomic E-state index is 0.149. The third kappa shape index (κ3) is 3.73. The summed E-state index contributed by atoms with van der Waals surface area (Å²) < 4.78 is 10.1. The molecule has 2 atom stereocenters. The number of rotatable bonds is 6. The molecule has 1 aliphatic heterocycles. The quantitative estimate of drug-likeness (QED) is 0.447. The molecule has 0 saturated heterocycles. The summed E-state index contributed by atoms with van der Waals surface area (Å²) in [6.07, 6.45) is 0.615. The van der Waals surface area contributed by atoms with Crippen molar-refractivity contribution in [2.24, 2.45) is 10.9 Å². The number of aliphatic imine (C=N–C) groups is 1. The molecule has 10 nitrogen and oxygen atoms in total. The van der Waals surface area contributed by atoms with Crippen molar-refractivity contribution >= 4 is 23.4 Å². The number of carbonyl (C=O) groups excluding carboxylic acids is 2. The number of aromatic hydroxyl groups is 1. The van der Waals surface area contributed by atoms with Crippen LogP contribution < -0.4 is 10.1 Å². The summed E-state index contributed by atoms with van der Waals surface area (Å²) in [5, 5.41) is 23.6. The maximum absolute atomic E-state index is 12.4. The Kier molecular flexibility index (Phi) is 5.75. The van der Waals surface area contributed by atoms with Crippen LogP contribution in [0, 0.1) is 16.0 Å². The Morgan fingerprint density at radius 1 is 1.46 bits per heavy atom. The molecule has 0 bridgehead atoms. The van der Waals surface area contributed by atoms with Crippen LogP contribution in [0.25, 0.3) is 0 Å². The van der Waals surface area contributed by atoms with Crippen LogP contribution in [0.4, 0.5) is 10.5 Å². The molecule has 1 aromatic carbocycles. The molecule has 0 aliphatic carbocycles. The Morgan fingerprint density at radius 2 is 2.15 bits per heavy atom. The van der Waals surface area contributed by atoms with Crippen molar-refractivity contribution in [2.75, 3.05) is 13.7 Å². The number of nitro groups is 1. The second kappa shape index (κ2) is 7.81. The van der Waals surface area contributed by atoms with Gasteiger partial charge in [-0.3, -0.25) is 14.9 Å². The second-order valence-electron chi connectivity index (χ2n) is 5.67. The first kappa shape index (κ1) is 19.2. The number of esters is 1. The Balaban J connectivity index is 2.54. The fraction of sp³-hybridized carbons (Fsp3) is 0.438. The summed E-state index contributed by atoms with van der Waals surface area (Å²) in [5.41, 5.74) is -0.156. The van der Waals surface area contributed by atoms with Crippen molar-refractivity contribution in [3.63, 3.8) is 0 Å². The van der Waals surface area contributed by atoms with Crippen molar-refractivity contribution in [1.82, 2.24) is 5.32 Å². The van der Waals surface area contributed by atoms with Crippen LogP contribution >= 0.6 is 0 Å². The van der Waals surface area contributed by atoms with E-state index in [1.807, 2.05) is 6.92 Å². The highest BCUT2D eigenvalue weighted by molar-refractivity contribution is 6.08. The van der Waals surface area contributed by atoms with Gasteiger partial charge in [-0.1, -0.05) is 6.92 Å². The third-order valence-corrected chi connectivity index (χ3v) is 3.90. The second-order valence-corrected chi connectivity index (χ2v) is 5.67. The highest BCUT2D eigenvalue weighted by Gasteiger charge is 2.39. The lowest BCUT2D eigenvalue weighted by atomic mass is 9.88. The minimum atomic E-state index is -0.951. The van der Waals surface area contributed by atoms with Crippen molar-refractivity contribution in [2.45, 2.75) is 26.3 Å². The Labute approximate surface area is 149 Å². The lowest BCUT2D eigenvalue weighted by Gasteiger charge is -2.29. The van der Waals surface area contributed by atoms with Gasteiger partial charge in [0.2, 0.25) is 5.75 Å². The average Bonchev–Trinajstić information content (AvgIpc) is 2.58. The van der Waals surface area contributed by atoms with Crippen molar-refractivity contribution in [1.29, 1.82) is 0 Å². The zero-order valence-electron chi connectivity index (χ0n) is 14.5. The first-order valence-electron chi connectivity index (χ1n) is 7.87. The number of methoxy groups -OCH3 is 1. The third-order valence-electron chi connectivity index (χ3n) is 3.90. The lowest BCUT2D eigenvalue weighted by Crippen LogP contribution is -2.44. The predicted molar refractivity (Wildman–Crippen MR) is 90.4 cm³/mol. The number of urea groups is 1. The molecule has 2 rings (SSSR count). The van der Waals surface area contributed by atoms with Crippen molar-refractivity contribution < 1.29 is 29.1 Å². The number of phenolic OH excluding ortho intramolecular Hbond substituents is 1. The fourth-order valence-electron chi connectivity index (χ4n) is 2.68. The predicted octanol–water partition coefficient (Wildman–Crippen LogP) is 2.10. The maximum Gasteiger partial charge on any atom is 0.341 e. The summed E-state index contributed by atoms with van der Waals surface area (Å²) >= 11 is 0. The number of phenols is 1. The standard InChI is InChI=1S/C16H19N3O7/c1-4-5-26-15(21)12-8(2)17-16(22)18-13(12)9-6-10(19(23)24)14(20)11(7-9)25-3/h6-7,12-13,20H,4-5H2,1-3H3,(H,18,22). The van der Waals surface area contributed by atoms with Crippen LogP contribution in [-0.4, -0.2) is 41.5 Å². The molecule has 10 heteroatoms. The lowest BCUT2D eigenvalue weighted by molar-refractivity contribution is -0.386. The molecule has 0 aromatic heterocycles. The van der Waals surface area contributed by atoms with Gasteiger partial charge in [-0.05, 0) is 25.0 Å². The summed E-state index contributed by atoms with van der Waals surface area (Å²) in [6, 6.07) is 0.785. The summed E-state index contributed by atoms with van der Waals surface area (Å²) in [4.78, 5) is 38.4. The zero-order chi connectivity index (χ0) is 19.4. The zero-order valence-corrected chi connectivity index (χ0v) is 14.5. The molecule has 2 unspecified atom stereocenters. The number of hydrogen-bond acceptors (Lipinski definition) is 7. The van der Waals surface area contributed by atoms with Gasteiger partial charge in [0.05, 0.1) is 24.7 Å². The van der Waals surface area contributed by atoms with E-state index in [4.69, 9.17) is 9.47 Å². The van der Waals surface area contributed by atoms with Crippen LogP contribution in [-0.2, 0) is 9.53 Å². The monoisotopic (exact) mass is 365 g/mol. The Hall–Kier alpha value is -3.17. The molecule has 1 aliphatic rings. The topological polar surface area (TPSA) is 140 Å². The van der Waals surface area contributed by atoms with Gasteiger partial charge in [0.1, 0.15) is 5.92 Å². The molecule has 0 radical (unpaired) electrons. The van der Waals surface area contributed by atoms with Crippen LogP contribution in [0.5, 0.6) is 11.5 Å². The molecule has 2 N–H and O–H groups in total. The molecule has 26 heavy (non-hydrogen) atoms. The molecular formula is C16H19N3O7. The first-order chi connectivity index (χ1) is 12.3. The number of amides is 2.